The lowest BCUT2D eigenvalue weighted by Crippen LogP contribution is -2.12. The fraction of sp³-hybridized carbons (Fsp3) is 0.235. The molecule has 0 bridgehead atoms. The molecule has 1 aliphatic heterocycles. The predicted molar refractivity (Wildman–Crippen MR) is 88.0 cm³/mol. The number of hydrogen-bond acceptors (Lipinski definition) is 4. The number of carbonyl (C=O) groups is 1. The van der Waals surface area contributed by atoms with E-state index in [0.29, 0.717) is 18.8 Å². The highest BCUT2D eigenvalue weighted by molar-refractivity contribution is 5.94. The number of anilines is 1. The second-order valence-corrected chi connectivity index (χ2v) is 5.75. The fourth-order valence-corrected chi connectivity index (χ4v) is 3.05. The monoisotopic (exact) mass is 311 g/mol. The van der Waals surface area contributed by atoms with Gasteiger partial charge in [-0.2, -0.15) is 0 Å². The molecule has 6 heteroatoms. The highest BCUT2D eigenvalue weighted by Crippen LogP contribution is 2.42. The molecule has 23 heavy (non-hydrogen) atoms. The van der Waals surface area contributed by atoms with Crippen LogP contribution in [0.5, 0.6) is 0 Å². The zero-order chi connectivity index (χ0) is 16.6. The Kier molecular flexibility index (Phi) is 3.83. The van der Waals surface area contributed by atoms with Gasteiger partial charge in [0.25, 0.3) is 5.69 Å². The minimum Gasteiger partial charge on any atom is -0.320 e. The molecule has 118 valence electrons. The highest BCUT2D eigenvalue weighted by Gasteiger charge is 2.30. The van der Waals surface area contributed by atoms with E-state index in [9.17, 15) is 14.9 Å². The van der Waals surface area contributed by atoms with Gasteiger partial charge in [0.15, 0.2) is 0 Å². The SMILES string of the molecule is CC(=O)Nc1c([N+](=O)[O-])cc(-c2ccccc2)c2c1CN(C)C2. The first-order valence-corrected chi connectivity index (χ1v) is 7.32. The van der Waals surface area contributed by atoms with Crippen molar-refractivity contribution in [1.82, 2.24) is 4.90 Å². The Balaban J connectivity index is 2.27. The first kappa shape index (κ1) is 15.2. The van der Waals surface area contributed by atoms with Crippen LogP contribution in [0.4, 0.5) is 11.4 Å². The number of nitro benzene ring substituents is 1. The highest BCUT2D eigenvalue weighted by atomic mass is 16.6. The minimum atomic E-state index is -0.434. The van der Waals surface area contributed by atoms with Crippen molar-refractivity contribution in [3.8, 4) is 11.1 Å². The van der Waals surface area contributed by atoms with Crippen LogP contribution in [0.25, 0.3) is 11.1 Å². The van der Waals surface area contributed by atoms with Gasteiger partial charge in [-0.1, -0.05) is 30.3 Å². The molecule has 0 aromatic heterocycles. The van der Waals surface area contributed by atoms with E-state index in [-0.39, 0.29) is 11.6 Å². The van der Waals surface area contributed by atoms with Gasteiger partial charge in [-0.3, -0.25) is 19.8 Å². The number of fused-ring (bicyclic) bond motifs is 1. The Hall–Kier alpha value is -2.73. The molecule has 0 saturated carbocycles. The summed E-state index contributed by atoms with van der Waals surface area (Å²) in [4.78, 5) is 24.6. The molecule has 1 heterocycles. The Morgan fingerprint density at radius 1 is 1.22 bits per heavy atom. The lowest BCUT2D eigenvalue weighted by molar-refractivity contribution is -0.383. The van der Waals surface area contributed by atoms with Crippen molar-refractivity contribution in [2.45, 2.75) is 20.0 Å². The number of carbonyl (C=O) groups excluding carboxylic acids is 1. The van der Waals surface area contributed by atoms with E-state index in [1.807, 2.05) is 37.4 Å². The molecular formula is C17H17N3O3. The van der Waals surface area contributed by atoms with E-state index >= 15 is 0 Å². The fourth-order valence-electron chi connectivity index (χ4n) is 3.05. The van der Waals surface area contributed by atoms with Gasteiger partial charge >= 0.3 is 0 Å². The average Bonchev–Trinajstić information content (AvgIpc) is 2.89. The second kappa shape index (κ2) is 5.81. The molecule has 0 saturated heterocycles. The molecule has 6 nitrogen and oxygen atoms in total. The molecule has 1 N–H and O–H groups in total. The maximum atomic E-state index is 11.5. The van der Waals surface area contributed by atoms with Gasteiger partial charge in [-0.15, -0.1) is 0 Å². The van der Waals surface area contributed by atoms with Crippen molar-refractivity contribution >= 4 is 17.3 Å². The minimum absolute atomic E-state index is 0.0619. The number of nitro groups is 1. The molecule has 0 aliphatic carbocycles. The lowest BCUT2D eigenvalue weighted by atomic mass is 9.94. The molecule has 2 aromatic rings. The van der Waals surface area contributed by atoms with Gasteiger partial charge in [-0.25, -0.2) is 0 Å². The summed E-state index contributed by atoms with van der Waals surface area (Å²) in [5, 5.41) is 14.2. The molecule has 0 radical (unpaired) electrons. The van der Waals surface area contributed by atoms with E-state index in [0.717, 1.165) is 22.3 Å². The maximum Gasteiger partial charge on any atom is 0.293 e. The van der Waals surface area contributed by atoms with E-state index in [2.05, 4.69) is 10.2 Å². The third-order valence-corrected chi connectivity index (χ3v) is 3.97. The largest absolute Gasteiger partial charge is 0.320 e. The zero-order valence-corrected chi connectivity index (χ0v) is 13.0. The van der Waals surface area contributed by atoms with E-state index < -0.39 is 4.92 Å². The van der Waals surface area contributed by atoms with Crippen molar-refractivity contribution in [3.63, 3.8) is 0 Å². The Labute approximate surface area is 133 Å². The molecule has 0 atom stereocenters. The van der Waals surface area contributed by atoms with Gasteiger partial charge in [-0.05, 0) is 23.7 Å². The van der Waals surface area contributed by atoms with Crippen LogP contribution in [0.3, 0.4) is 0 Å². The summed E-state index contributed by atoms with van der Waals surface area (Å²) in [6, 6.07) is 11.2. The molecule has 0 fully saturated rings. The van der Waals surface area contributed by atoms with Crippen LogP contribution in [0.2, 0.25) is 0 Å². The van der Waals surface area contributed by atoms with Gasteiger partial charge in [0.2, 0.25) is 5.91 Å². The summed E-state index contributed by atoms with van der Waals surface area (Å²) in [6.45, 7) is 2.64. The van der Waals surface area contributed by atoms with E-state index in [1.165, 1.54) is 6.92 Å². The number of hydrogen-bond donors (Lipinski definition) is 1. The summed E-state index contributed by atoms with van der Waals surface area (Å²) in [5.74, 6) is -0.308. The number of rotatable bonds is 3. The van der Waals surface area contributed by atoms with Crippen molar-refractivity contribution in [2.24, 2.45) is 0 Å². The normalized spacial score (nSPS) is 13.7. The molecular weight excluding hydrogens is 294 g/mol. The Morgan fingerprint density at radius 2 is 1.87 bits per heavy atom. The maximum absolute atomic E-state index is 11.5. The van der Waals surface area contributed by atoms with Crippen LogP contribution in [-0.2, 0) is 17.9 Å². The van der Waals surface area contributed by atoms with Gasteiger partial charge in [0, 0.05) is 31.6 Å². The average molecular weight is 311 g/mol. The molecule has 0 unspecified atom stereocenters. The van der Waals surface area contributed by atoms with Gasteiger partial charge in [0.05, 0.1) is 4.92 Å². The van der Waals surface area contributed by atoms with Crippen LogP contribution < -0.4 is 5.32 Å². The van der Waals surface area contributed by atoms with Crippen LogP contribution in [0, 0.1) is 10.1 Å². The molecule has 0 spiro atoms. The number of benzene rings is 2. The van der Waals surface area contributed by atoms with Crippen LogP contribution in [-0.4, -0.2) is 22.8 Å². The molecule has 2 aromatic carbocycles. The number of amides is 1. The van der Waals surface area contributed by atoms with Crippen molar-refractivity contribution in [3.05, 3.63) is 57.6 Å². The zero-order valence-electron chi connectivity index (χ0n) is 13.0. The quantitative estimate of drug-likeness (QED) is 0.698. The summed E-state index contributed by atoms with van der Waals surface area (Å²) >= 11 is 0. The summed E-state index contributed by atoms with van der Waals surface area (Å²) < 4.78 is 0. The van der Waals surface area contributed by atoms with Gasteiger partial charge in [0.1, 0.15) is 5.69 Å². The molecule has 1 aliphatic rings. The first-order chi connectivity index (χ1) is 11.0. The second-order valence-electron chi connectivity index (χ2n) is 5.75. The third-order valence-electron chi connectivity index (χ3n) is 3.97. The smallest absolute Gasteiger partial charge is 0.293 e. The summed E-state index contributed by atoms with van der Waals surface area (Å²) in [5.41, 5.74) is 3.92. The van der Waals surface area contributed by atoms with Gasteiger partial charge < -0.3 is 5.32 Å². The summed E-state index contributed by atoms with van der Waals surface area (Å²) in [7, 11) is 1.96. The predicted octanol–water partition coefficient (Wildman–Crippen LogP) is 3.17. The topological polar surface area (TPSA) is 75.5 Å². The molecule has 3 rings (SSSR count). The third kappa shape index (κ3) is 2.80. The number of nitrogens with zero attached hydrogens (tertiary/aromatic N) is 2. The van der Waals surface area contributed by atoms with Crippen LogP contribution in [0.15, 0.2) is 36.4 Å². The summed E-state index contributed by atoms with van der Waals surface area (Å²) in [6.07, 6.45) is 0. The van der Waals surface area contributed by atoms with Crippen molar-refractivity contribution in [2.75, 3.05) is 12.4 Å². The molecule has 1 amide bonds. The van der Waals surface area contributed by atoms with Crippen LogP contribution >= 0.6 is 0 Å². The standard InChI is InChI=1S/C17H17N3O3/c1-11(21)18-17-15-10-19(2)9-14(15)13(8-16(17)20(22)23)12-6-4-3-5-7-12/h3-8H,9-10H2,1-2H3,(H,18,21). The van der Waals surface area contributed by atoms with Crippen LogP contribution in [0.1, 0.15) is 18.1 Å². The van der Waals surface area contributed by atoms with Crippen molar-refractivity contribution < 1.29 is 9.72 Å². The van der Waals surface area contributed by atoms with E-state index in [1.54, 1.807) is 6.07 Å². The lowest BCUT2D eigenvalue weighted by Gasteiger charge is -2.13. The van der Waals surface area contributed by atoms with E-state index in [4.69, 9.17) is 0 Å². The van der Waals surface area contributed by atoms with Crippen molar-refractivity contribution in [1.29, 1.82) is 0 Å². The Bertz CT molecular complexity index is 787. The number of nitrogens with one attached hydrogen (secondary N) is 1. The first-order valence-electron chi connectivity index (χ1n) is 7.32. The Morgan fingerprint density at radius 3 is 2.48 bits per heavy atom.